The molecule has 0 radical (unpaired) electrons. The second kappa shape index (κ2) is 3.56. The summed E-state index contributed by atoms with van der Waals surface area (Å²) in [6, 6.07) is 0. The number of nitrogens with zero attached hydrogens (tertiary/aromatic N) is 1. The maximum absolute atomic E-state index is 4.80. The van der Waals surface area contributed by atoms with Crippen molar-refractivity contribution in [3.8, 4) is 0 Å². The lowest BCUT2D eigenvalue weighted by Crippen LogP contribution is -2.46. The van der Waals surface area contributed by atoms with Gasteiger partial charge in [-0.1, -0.05) is 20.8 Å². The van der Waals surface area contributed by atoms with Gasteiger partial charge in [-0.05, 0) is 26.3 Å². The Hall–Kier alpha value is -0.410. The molecule has 0 aliphatic heterocycles. The second-order valence-electron chi connectivity index (χ2n) is 5.47. The van der Waals surface area contributed by atoms with Crippen molar-refractivity contribution in [3.05, 3.63) is 16.1 Å². The van der Waals surface area contributed by atoms with Crippen LogP contribution in [0.3, 0.4) is 0 Å². The van der Waals surface area contributed by atoms with Gasteiger partial charge >= 0.3 is 0 Å². The summed E-state index contributed by atoms with van der Waals surface area (Å²) in [6.07, 6.45) is 3.80. The Labute approximate surface area is 96.1 Å². The largest absolute Gasteiger partial charge is 0.308 e. The number of thiazole rings is 1. The molecule has 1 aliphatic rings. The Morgan fingerprint density at radius 3 is 2.40 bits per heavy atom. The Kier molecular flexibility index (Phi) is 2.63. The molecule has 1 aliphatic carbocycles. The summed E-state index contributed by atoms with van der Waals surface area (Å²) < 4.78 is 0. The summed E-state index contributed by atoms with van der Waals surface area (Å²) in [7, 11) is 2.05. The maximum atomic E-state index is 4.80. The van der Waals surface area contributed by atoms with Crippen LogP contribution in [0.2, 0.25) is 0 Å². The molecule has 1 N–H and O–H groups in total. The van der Waals surface area contributed by atoms with Crippen molar-refractivity contribution in [2.45, 2.75) is 51.0 Å². The number of hydrogen-bond acceptors (Lipinski definition) is 3. The molecular formula is C12H20N2S. The minimum absolute atomic E-state index is 0.174. The van der Waals surface area contributed by atoms with E-state index < -0.39 is 0 Å². The van der Waals surface area contributed by atoms with Crippen molar-refractivity contribution in [1.29, 1.82) is 0 Å². The molecule has 1 aromatic heterocycles. The van der Waals surface area contributed by atoms with Gasteiger partial charge in [-0.2, -0.15) is 0 Å². The standard InChI is InChI=1S/C12H20N2S/c1-11(2,3)9-8-15-10(14-9)12(13-4)6-5-7-12/h8,13H,5-7H2,1-4H3. The van der Waals surface area contributed by atoms with Crippen LogP contribution >= 0.6 is 11.3 Å². The van der Waals surface area contributed by atoms with Gasteiger partial charge in [0.2, 0.25) is 0 Å². The molecule has 0 saturated heterocycles. The zero-order valence-corrected chi connectivity index (χ0v) is 10.9. The van der Waals surface area contributed by atoms with E-state index in [-0.39, 0.29) is 11.0 Å². The Morgan fingerprint density at radius 1 is 1.40 bits per heavy atom. The third-order valence-electron chi connectivity index (χ3n) is 3.37. The predicted molar refractivity (Wildman–Crippen MR) is 65.4 cm³/mol. The molecule has 84 valence electrons. The molecule has 2 nitrogen and oxygen atoms in total. The SMILES string of the molecule is CNC1(c2nc(C(C)(C)C)cs2)CCC1. The van der Waals surface area contributed by atoms with E-state index in [1.807, 2.05) is 11.3 Å². The van der Waals surface area contributed by atoms with E-state index in [0.29, 0.717) is 0 Å². The average Bonchev–Trinajstić information content (AvgIpc) is 2.51. The van der Waals surface area contributed by atoms with Crippen LogP contribution in [0.25, 0.3) is 0 Å². The zero-order valence-electron chi connectivity index (χ0n) is 10.1. The molecular weight excluding hydrogens is 204 g/mol. The van der Waals surface area contributed by atoms with Crippen molar-refractivity contribution >= 4 is 11.3 Å². The van der Waals surface area contributed by atoms with Crippen LogP contribution in [-0.4, -0.2) is 12.0 Å². The topological polar surface area (TPSA) is 24.9 Å². The Morgan fingerprint density at radius 2 is 2.07 bits per heavy atom. The molecule has 0 unspecified atom stereocenters. The van der Waals surface area contributed by atoms with Crippen LogP contribution in [0.15, 0.2) is 5.38 Å². The van der Waals surface area contributed by atoms with Crippen LogP contribution in [0, 0.1) is 0 Å². The second-order valence-corrected chi connectivity index (χ2v) is 6.33. The van der Waals surface area contributed by atoms with Gasteiger partial charge < -0.3 is 5.32 Å². The summed E-state index contributed by atoms with van der Waals surface area (Å²) in [6.45, 7) is 6.66. The normalized spacial score (nSPS) is 20.0. The van der Waals surface area contributed by atoms with Gasteiger partial charge in [0.25, 0.3) is 0 Å². The molecule has 2 rings (SSSR count). The van der Waals surface area contributed by atoms with E-state index in [9.17, 15) is 0 Å². The average molecular weight is 224 g/mol. The van der Waals surface area contributed by atoms with Gasteiger partial charge in [0.05, 0.1) is 11.2 Å². The number of aromatic nitrogens is 1. The molecule has 1 aromatic rings. The van der Waals surface area contributed by atoms with Crippen LogP contribution < -0.4 is 5.32 Å². The van der Waals surface area contributed by atoms with Crippen molar-refractivity contribution in [1.82, 2.24) is 10.3 Å². The number of hydrogen-bond donors (Lipinski definition) is 1. The van der Waals surface area contributed by atoms with E-state index >= 15 is 0 Å². The molecule has 0 spiro atoms. The molecule has 0 atom stereocenters. The lowest BCUT2D eigenvalue weighted by Gasteiger charge is -2.39. The van der Waals surface area contributed by atoms with Crippen LogP contribution in [0.5, 0.6) is 0 Å². The molecule has 0 aromatic carbocycles. The van der Waals surface area contributed by atoms with Gasteiger partial charge in [-0.3, -0.25) is 0 Å². The molecule has 0 bridgehead atoms. The van der Waals surface area contributed by atoms with E-state index in [1.54, 1.807) is 0 Å². The Balaban J connectivity index is 2.27. The first-order valence-corrected chi connectivity index (χ1v) is 6.51. The quantitative estimate of drug-likeness (QED) is 0.835. The summed E-state index contributed by atoms with van der Waals surface area (Å²) in [5.41, 5.74) is 1.60. The maximum Gasteiger partial charge on any atom is 0.113 e. The first-order chi connectivity index (χ1) is 6.98. The highest BCUT2D eigenvalue weighted by molar-refractivity contribution is 7.09. The summed E-state index contributed by atoms with van der Waals surface area (Å²) in [5, 5.41) is 6.94. The van der Waals surface area contributed by atoms with Gasteiger partial charge in [0.1, 0.15) is 5.01 Å². The lowest BCUT2D eigenvalue weighted by atomic mass is 9.77. The highest BCUT2D eigenvalue weighted by Gasteiger charge is 2.40. The van der Waals surface area contributed by atoms with Crippen molar-refractivity contribution < 1.29 is 0 Å². The van der Waals surface area contributed by atoms with E-state index in [4.69, 9.17) is 4.98 Å². The molecule has 0 amide bonds. The molecule has 15 heavy (non-hydrogen) atoms. The van der Waals surface area contributed by atoms with Crippen molar-refractivity contribution in [2.24, 2.45) is 0 Å². The highest BCUT2D eigenvalue weighted by atomic mass is 32.1. The van der Waals surface area contributed by atoms with E-state index in [2.05, 4.69) is 38.5 Å². The third kappa shape index (κ3) is 1.83. The fraction of sp³-hybridized carbons (Fsp3) is 0.750. The van der Waals surface area contributed by atoms with Crippen molar-refractivity contribution in [2.75, 3.05) is 7.05 Å². The summed E-state index contributed by atoms with van der Waals surface area (Å²) >= 11 is 1.81. The smallest absolute Gasteiger partial charge is 0.113 e. The lowest BCUT2D eigenvalue weighted by molar-refractivity contribution is 0.200. The van der Waals surface area contributed by atoms with Gasteiger partial charge in [-0.25, -0.2) is 4.98 Å². The first-order valence-electron chi connectivity index (χ1n) is 5.63. The van der Waals surface area contributed by atoms with E-state index in [1.165, 1.54) is 30.0 Å². The fourth-order valence-corrected chi connectivity index (χ4v) is 3.25. The van der Waals surface area contributed by atoms with Gasteiger partial charge in [0, 0.05) is 10.8 Å². The monoisotopic (exact) mass is 224 g/mol. The van der Waals surface area contributed by atoms with Crippen LogP contribution in [-0.2, 0) is 11.0 Å². The third-order valence-corrected chi connectivity index (χ3v) is 4.41. The molecule has 1 fully saturated rings. The molecule has 1 saturated carbocycles. The molecule has 3 heteroatoms. The minimum Gasteiger partial charge on any atom is -0.308 e. The molecule has 1 heterocycles. The first kappa shape index (κ1) is 11.1. The summed E-state index contributed by atoms with van der Waals surface area (Å²) in [4.78, 5) is 4.80. The fourth-order valence-electron chi connectivity index (χ4n) is 1.94. The number of nitrogens with one attached hydrogen (secondary N) is 1. The van der Waals surface area contributed by atoms with Crippen LogP contribution in [0.1, 0.15) is 50.7 Å². The van der Waals surface area contributed by atoms with Gasteiger partial charge in [0.15, 0.2) is 0 Å². The van der Waals surface area contributed by atoms with Gasteiger partial charge in [-0.15, -0.1) is 11.3 Å². The minimum atomic E-state index is 0.174. The summed E-state index contributed by atoms with van der Waals surface area (Å²) in [5.74, 6) is 0. The van der Waals surface area contributed by atoms with E-state index in [0.717, 1.165) is 0 Å². The predicted octanol–water partition coefficient (Wildman–Crippen LogP) is 3.04. The zero-order chi connectivity index (χ0) is 11.1. The number of rotatable bonds is 2. The van der Waals surface area contributed by atoms with Crippen LogP contribution in [0.4, 0.5) is 0 Å². The Bertz CT molecular complexity index is 339. The van der Waals surface area contributed by atoms with Crippen molar-refractivity contribution in [3.63, 3.8) is 0 Å². The highest BCUT2D eigenvalue weighted by Crippen LogP contribution is 2.42.